The molecule has 0 heterocycles. The Labute approximate surface area is 171 Å². The molecule has 1 aromatic rings. The number of aromatic hydroxyl groups is 2. The van der Waals surface area contributed by atoms with Crippen molar-refractivity contribution in [2.45, 2.75) is 83.5 Å². The van der Waals surface area contributed by atoms with Crippen LogP contribution in [-0.4, -0.2) is 32.4 Å². The van der Waals surface area contributed by atoms with Gasteiger partial charge in [-0.1, -0.05) is 19.3 Å². The van der Waals surface area contributed by atoms with E-state index < -0.39 is 22.8 Å². The molecule has 1 aromatic carbocycles. The van der Waals surface area contributed by atoms with Gasteiger partial charge in [0.1, 0.15) is 11.5 Å². The Hall–Kier alpha value is -2.24. The molecule has 0 amide bonds. The number of carbonyl (C=O) groups is 2. The maximum absolute atomic E-state index is 11.2. The van der Waals surface area contributed by atoms with Crippen molar-refractivity contribution < 1.29 is 30.0 Å². The van der Waals surface area contributed by atoms with Gasteiger partial charge in [0.25, 0.3) is 0 Å². The molecule has 6 nitrogen and oxygen atoms in total. The Balaban J connectivity index is 1.42. The lowest BCUT2D eigenvalue weighted by Crippen LogP contribution is -2.14. The van der Waals surface area contributed by atoms with Crippen LogP contribution in [0.1, 0.15) is 81.8 Å². The van der Waals surface area contributed by atoms with E-state index in [4.69, 9.17) is 0 Å². The molecular formula is C23H32O6. The summed E-state index contributed by atoms with van der Waals surface area (Å²) in [6, 6.07) is 3.25. The van der Waals surface area contributed by atoms with E-state index in [1.165, 1.54) is 6.07 Å². The summed E-state index contributed by atoms with van der Waals surface area (Å²) in [6.07, 6.45) is 10.2. The average Bonchev–Trinajstić information content (AvgIpc) is 3.56. The van der Waals surface area contributed by atoms with Gasteiger partial charge in [-0.2, -0.15) is 0 Å². The summed E-state index contributed by atoms with van der Waals surface area (Å²) in [6.45, 7) is 0. The fraction of sp³-hybridized carbons (Fsp3) is 0.652. The van der Waals surface area contributed by atoms with E-state index in [2.05, 4.69) is 0 Å². The summed E-state index contributed by atoms with van der Waals surface area (Å²) in [4.78, 5) is 22.4. The molecule has 0 bridgehead atoms. The Morgan fingerprint density at radius 1 is 0.690 bits per heavy atom. The first kappa shape index (κ1) is 21.5. The fourth-order valence-corrected chi connectivity index (χ4v) is 4.25. The van der Waals surface area contributed by atoms with Gasteiger partial charge in [0.2, 0.25) is 0 Å². The third-order valence-electron chi connectivity index (χ3n) is 6.85. The highest BCUT2D eigenvalue weighted by molar-refractivity contribution is 5.78. The van der Waals surface area contributed by atoms with Gasteiger partial charge in [0, 0.05) is 6.07 Å². The number of aryl methyl sites for hydroxylation is 2. The zero-order valence-corrected chi connectivity index (χ0v) is 17.0. The van der Waals surface area contributed by atoms with Crippen molar-refractivity contribution in [2.24, 2.45) is 10.8 Å². The molecule has 2 aliphatic carbocycles. The molecule has 29 heavy (non-hydrogen) atoms. The number of unbranched alkanes of at least 4 members (excludes halogenated alkanes) is 3. The highest BCUT2D eigenvalue weighted by Gasteiger charge is 2.49. The molecule has 2 saturated carbocycles. The van der Waals surface area contributed by atoms with Gasteiger partial charge in [-0.05, 0) is 81.4 Å². The zero-order valence-electron chi connectivity index (χ0n) is 17.0. The summed E-state index contributed by atoms with van der Waals surface area (Å²) in [5.74, 6) is -1.18. The number of carboxylic acids is 2. The van der Waals surface area contributed by atoms with Gasteiger partial charge in [-0.25, -0.2) is 0 Å². The molecule has 4 N–H and O–H groups in total. The predicted octanol–water partition coefficient (Wildman–Crippen LogP) is 4.64. The van der Waals surface area contributed by atoms with E-state index in [-0.39, 0.29) is 11.5 Å². The molecule has 3 rings (SSSR count). The van der Waals surface area contributed by atoms with Crippen molar-refractivity contribution in [3.63, 3.8) is 0 Å². The van der Waals surface area contributed by atoms with E-state index in [1.807, 2.05) is 6.07 Å². The minimum Gasteiger partial charge on any atom is -0.508 e. The molecule has 0 radical (unpaired) electrons. The van der Waals surface area contributed by atoms with Crippen molar-refractivity contribution in [1.29, 1.82) is 0 Å². The maximum atomic E-state index is 11.2. The van der Waals surface area contributed by atoms with Crippen LogP contribution >= 0.6 is 0 Å². The molecule has 6 heteroatoms. The normalized spacial score (nSPS) is 18.3. The Morgan fingerprint density at radius 2 is 1.10 bits per heavy atom. The van der Waals surface area contributed by atoms with Crippen LogP contribution in [0.15, 0.2) is 12.1 Å². The molecule has 0 spiro atoms. The smallest absolute Gasteiger partial charge is 0.309 e. The molecule has 2 fully saturated rings. The molecule has 0 aliphatic heterocycles. The summed E-state index contributed by atoms with van der Waals surface area (Å²) >= 11 is 0. The summed E-state index contributed by atoms with van der Waals surface area (Å²) in [5, 5.41) is 38.7. The Morgan fingerprint density at radius 3 is 1.52 bits per heavy atom. The first-order valence-electron chi connectivity index (χ1n) is 10.8. The molecule has 0 unspecified atom stereocenters. The van der Waals surface area contributed by atoms with Crippen molar-refractivity contribution in [1.82, 2.24) is 0 Å². The fourth-order valence-electron chi connectivity index (χ4n) is 4.25. The summed E-state index contributed by atoms with van der Waals surface area (Å²) < 4.78 is 0. The van der Waals surface area contributed by atoms with E-state index >= 15 is 0 Å². The first-order chi connectivity index (χ1) is 13.8. The second kappa shape index (κ2) is 8.64. The number of aliphatic carboxylic acids is 2. The van der Waals surface area contributed by atoms with Gasteiger partial charge in [-0.3, -0.25) is 9.59 Å². The topological polar surface area (TPSA) is 115 Å². The first-order valence-corrected chi connectivity index (χ1v) is 10.8. The minimum absolute atomic E-state index is 0.0859. The van der Waals surface area contributed by atoms with Crippen LogP contribution in [0, 0.1) is 10.8 Å². The van der Waals surface area contributed by atoms with E-state index in [9.17, 15) is 30.0 Å². The molecular weight excluding hydrogens is 372 g/mol. The lowest BCUT2D eigenvalue weighted by Gasteiger charge is -2.12. The lowest BCUT2D eigenvalue weighted by atomic mass is 9.95. The van der Waals surface area contributed by atoms with Gasteiger partial charge < -0.3 is 20.4 Å². The minimum atomic E-state index is -0.691. The van der Waals surface area contributed by atoms with Crippen LogP contribution in [0.25, 0.3) is 0 Å². The quantitative estimate of drug-likeness (QED) is 0.356. The molecule has 0 saturated heterocycles. The predicted molar refractivity (Wildman–Crippen MR) is 108 cm³/mol. The maximum Gasteiger partial charge on any atom is 0.309 e. The molecule has 0 aromatic heterocycles. The number of hydrogen-bond acceptors (Lipinski definition) is 4. The van der Waals surface area contributed by atoms with Crippen molar-refractivity contribution >= 4 is 11.9 Å². The summed E-state index contributed by atoms with van der Waals surface area (Å²) in [5.41, 5.74) is 0.636. The standard InChI is InChI=1S/C23H32O6/c24-18-15-19(25)17(7-3-5-9-23(12-13-23)21(28)29)14-16(18)6-2-1-4-8-22(10-11-22)20(26)27/h14-15,24-25H,1-13H2,(H,26,27)(H,28,29). The second-order valence-corrected chi connectivity index (χ2v) is 9.05. The number of rotatable bonds is 13. The Bertz CT molecular complexity index is 761. The van der Waals surface area contributed by atoms with Crippen LogP contribution in [-0.2, 0) is 22.4 Å². The van der Waals surface area contributed by atoms with Crippen LogP contribution in [0.4, 0.5) is 0 Å². The highest BCUT2D eigenvalue weighted by Crippen LogP contribution is 2.50. The van der Waals surface area contributed by atoms with Crippen LogP contribution in [0.5, 0.6) is 11.5 Å². The van der Waals surface area contributed by atoms with Crippen LogP contribution < -0.4 is 0 Å². The van der Waals surface area contributed by atoms with Gasteiger partial charge >= 0.3 is 11.9 Å². The average molecular weight is 405 g/mol. The van der Waals surface area contributed by atoms with Crippen LogP contribution in [0.2, 0.25) is 0 Å². The molecule has 160 valence electrons. The third kappa shape index (κ3) is 5.22. The number of phenolic OH excluding ortho intramolecular Hbond substituents is 2. The molecule has 2 aliphatic rings. The highest BCUT2D eigenvalue weighted by atomic mass is 16.4. The van der Waals surface area contributed by atoms with E-state index in [0.29, 0.717) is 19.3 Å². The van der Waals surface area contributed by atoms with Gasteiger partial charge in [0.05, 0.1) is 10.8 Å². The number of hydrogen-bond donors (Lipinski definition) is 4. The number of carboxylic acid groups (broad SMARTS) is 2. The van der Waals surface area contributed by atoms with Crippen LogP contribution in [0.3, 0.4) is 0 Å². The van der Waals surface area contributed by atoms with Crippen molar-refractivity contribution in [2.75, 3.05) is 0 Å². The van der Waals surface area contributed by atoms with Gasteiger partial charge in [-0.15, -0.1) is 0 Å². The lowest BCUT2D eigenvalue weighted by molar-refractivity contribution is -0.144. The van der Waals surface area contributed by atoms with Crippen molar-refractivity contribution in [3.8, 4) is 11.5 Å². The molecule has 0 atom stereocenters. The zero-order chi connectivity index (χ0) is 21.1. The largest absolute Gasteiger partial charge is 0.508 e. The van der Waals surface area contributed by atoms with E-state index in [1.54, 1.807) is 0 Å². The second-order valence-electron chi connectivity index (χ2n) is 9.05. The third-order valence-corrected chi connectivity index (χ3v) is 6.85. The Kier molecular flexibility index (Phi) is 6.39. The number of benzene rings is 1. The van der Waals surface area contributed by atoms with Crippen molar-refractivity contribution in [3.05, 3.63) is 23.3 Å². The summed E-state index contributed by atoms with van der Waals surface area (Å²) in [7, 11) is 0. The van der Waals surface area contributed by atoms with Gasteiger partial charge in [0.15, 0.2) is 0 Å². The SMILES string of the molecule is O=C(O)C1(CCCCCc2cc(CCCCC3(C(=O)O)CC3)c(O)cc2O)CC1. The monoisotopic (exact) mass is 404 g/mol. The number of phenols is 2. The van der Waals surface area contributed by atoms with E-state index in [0.717, 1.165) is 75.3 Å².